The number of piperazine rings is 1. The first kappa shape index (κ1) is 18.8. The zero-order valence-corrected chi connectivity index (χ0v) is 14.6. The van der Waals surface area contributed by atoms with Crippen molar-refractivity contribution in [1.29, 1.82) is 0 Å². The summed E-state index contributed by atoms with van der Waals surface area (Å²) in [5, 5.41) is 2.68. The van der Waals surface area contributed by atoms with Crippen LogP contribution < -0.4 is 10.1 Å². The number of carbonyl (C=O) groups is 3. The van der Waals surface area contributed by atoms with Crippen molar-refractivity contribution in [3.05, 3.63) is 30.3 Å². The SMILES string of the molecule is CCC(C)OC(=O)CC1C(=O)NCCN1C(=O)COc1ccccc1. The highest BCUT2D eigenvalue weighted by atomic mass is 16.5. The van der Waals surface area contributed by atoms with E-state index in [1.165, 1.54) is 4.90 Å². The monoisotopic (exact) mass is 348 g/mol. The van der Waals surface area contributed by atoms with E-state index in [1.54, 1.807) is 19.1 Å². The average Bonchev–Trinajstić information content (AvgIpc) is 2.62. The van der Waals surface area contributed by atoms with Crippen molar-refractivity contribution in [3.63, 3.8) is 0 Å². The van der Waals surface area contributed by atoms with Gasteiger partial charge in [0.05, 0.1) is 12.5 Å². The Morgan fingerprint density at radius 3 is 2.72 bits per heavy atom. The van der Waals surface area contributed by atoms with Gasteiger partial charge in [0.15, 0.2) is 6.61 Å². The van der Waals surface area contributed by atoms with Crippen LogP contribution in [0.4, 0.5) is 0 Å². The van der Waals surface area contributed by atoms with Gasteiger partial charge in [-0.2, -0.15) is 0 Å². The van der Waals surface area contributed by atoms with E-state index in [0.717, 1.165) is 0 Å². The van der Waals surface area contributed by atoms with E-state index in [0.29, 0.717) is 25.3 Å². The molecule has 136 valence electrons. The molecule has 7 heteroatoms. The molecule has 1 aromatic carbocycles. The summed E-state index contributed by atoms with van der Waals surface area (Å²) in [5.74, 6) is -0.594. The third-order valence-electron chi connectivity index (χ3n) is 4.02. The molecule has 0 bridgehead atoms. The fourth-order valence-corrected chi connectivity index (χ4v) is 2.47. The lowest BCUT2D eigenvalue weighted by atomic mass is 10.1. The lowest BCUT2D eigenvalue weighted by Gasteiger charge is -2.34. The summed E-state index contributed by atoms with van der Waals surface area (Å²) >= 11 is 0. The van der Waals surface area contributed by atoms with Gasteiger partial charge in [-0.15, -0.1) is 0 Å². The highest BCUT2D eigenvalue weighted by Crippen LogP contribution is 2.13. The maximum atomic E-state index is 12.5. The van der Waals surface area contributed by atoms with Gasteiger partial charge in [-0.05, 0) is 25.5 Å². The van der Waals surface area contributed by atoms with Crippen molar-refractivity contribution in [1.82, 2.24) is 10.2 Å². The quantitative estimate of drug-likeness (QED) is 0.747. The third-order valence-corrected chi connectivity index (χ3v) is 4.02. The largest absolute Gasteiger partial charge is 0.484 e. The van der Waals surface area contributed by atoms with Crippen LogP contribution in [0.15, 0.2) is 30.3 Å². The van der Waals surface area contributed by atoms with Gasteiger partial charge in [0.25, 0.3) is 5.91 Å². The average molecular weight is 348 g/mol. The fraction of sp³-hybridized carbons (Fsp3) is 0.500. The molecule has 1 saturated heterocycles. The van der Waals surface area contributed by atoms with Crippen LogP contribution in [-0.4, -0.2) is 54.5 Å². The Kier molecular flexibility index (Phi) is 6.80. The van der Waals surface area contributed by atoms with E-state index in [4.69, 9.17) is 9.47 Å². The van der Waals surface area contributed by atoms with Crippen LogP contribution in [0, 0.1) is 0 Å². The smallest absolute Gasteiger partial charge is 0.308 e. The normalized spacial score (nSPS) is 18.2. The second-order valence-electron chi connectivity index (χ2n) is 5.91. The second-order valence-corrected chi connectivity index (χ2v) is 5.91. The number of rotatable bonds is 7. The van der Waals surface area contributed by atoms with E-state index in [-0.39, 0.29) is 30.9 Å². The van der Waals surface area contributed by atoms with Gasteiger partial charge in [-0.3, -0.25) is 14.4 Å². The van der Waals surface area contributed by atoms with Crippen LogP contribution in [0.5, 0.6) is 5.75 Å². The summed E-state index contributed by atoms with van der Waals surface area (Å²) in [6, 6.07) is 8.10. The predicted octanol–water partition coefficient (Wildman–Crippen LogP) is 1.12. The maximum Gasteiger partial charge on any atom is 0.308 e. The molecular formula is C18H24N2O5. The molecule has 1 heterocycles. The molecule has 1 aliphatic rings. The number of ether oxygens (including phenoxy) is 2. The molecule has 1 aliphatic heterocycles. The second kappa shape index (κ2) is 9.05. The van der Waals surface area contributed by atoms with Gasteiger partial charge in [0, 0.05) is 13.1 Å². The van der Waals surface area contributed by atoms with Gasteiger partial charge >= 0.3 is 5.97 Å². The molecule has 0 radical (unpaired) electrons. The minimum Gasteiger partial charge on any atom is -0.484 e. The number of hydrogen-bond donors (Lipinski definition) is 1. The van der Waals surface area contributed by atoms with Crippen LogP contribution in [-0.2, 0) is 19.1 Å². The number of esters is 1. The summed E-state index contributed by atoms with van der Waals surface area (Å²) < 4.78 is 10.7. The molecule has 0 aromatic heterocycles. The molecule has 7 nitrogen and oxygen atoms in total. The van der Waals surface area contributed by atoms with Crippen LogP contribution in [0.3, 0.4) is 0 Å². The number of nitrogens with zero attached hydrogens (tertiary/aromatic N) is 1. The first-order valence-corrected chi connectivity index (χ1v) is 8.45. The number of amides is 2. The van der Waals surface area contributed by atoms with Crippen LogP contribution >= 0.6 is 0 Å². The molecule has 2 amide bonds. The zero-order valence-electron chi connectivity index (χ0n) is 14.6. The molecule has 0 saturated carbocycles. The van der Waals surface area contributed by atoms with Gasteiger partial charge < -0.3 is 19.7 Å². The Hall–Kier alpha value is -2.57. The van der Waals surface area contributed by atoms with E-state index in [1.807, 2.05) is 25.1 Å². The molecule has 2 atom stereocenters. The highest BCUT2D eigenvalue weighted by molar-refractivity contribution is 5.92. The number of hydrogen-bond acceptors (Lipinski definition) is 5. The molecule has 0 spiro atoms. The van der Waals surface area contributed by atoms with Gasteiger partial charge in [-0.25, -0.2) is 0 Å². The minimum atomic E-state index is -0.864. The molecule has 25 heavy (non-hydrogen) atoms. The lowest BCUT2D eigenvalue weighted by Crippen LogP contribution is -2.58. The number of benzene rings is 1. The van der Waals surface area contributed by atoms with Crippen molar-refractivity contribution in [2.24, 2.45) is 0 Å². The summed E-state index contributed by atoms with van der Waals surface area (Å²) in [7, 11) is 0. The number of carbonyl (C=O) groups excluding carboxylic acids is 3. The summed E-state index contributed by atoms with van der Waals surface area (Å²) in [6.45, 7) is 4.20. The highest BCUT2D eigenvalue weighted by Gasteiger charge is 2.35. The van der Waals surface area contributed by atoms with Crippen molar-refractivity contribution < 1.29 is 23.9 Å². The van der Waals surface area contributed by atoms with E-state index < -0.39 is 12.0 Å². The van der Waals surface area contributed by atoms with Crippen molar-refractivity contribution in [2.75, 3.05) is 19.7 Å². The van der Waals surface area contributed by atoms with Crippen LogP contribution in [0.1, 0.15) is 26.7 Å². The molecule has 1 N–H and O–H groups in total. The van der Waals surface area contributed by atoms with Gasteiger partial charge in [-0.1, -0.05) is 25.1 Å². The van der Waals surface area contributed by atoms with Crippen LogP contribution in [0.2, 0.25) is 0 Å². The van der Waals surface area contributed by atoms with Crippen molar-refractivity contribution >= 4 is 17.8 Å². The van der Waals surface area contributed by atoms with E-state index in [9.17, 15) is 14.4 Å². The summed E-state index contributed by atoms with van der Waals surface area (Å²) in [6.07, 6.45) is 0.313. The van der Waals surface area contributed by atoms with Gasteiger partial charge in [0.1, 0.15) is 11.8 Å². The Morgan fingerprint density at radius 1 is 1.32 bits per heavy atom. The zero-order chi connectivity index (χ0) is 18.2. The first-order chi connectivity index (χ1) is 12.0. The predicted molar refractivity (Wildman–Crippen MR) is 90.9 cm³/mol. The summed E-state index contributed by atoms with van der Waals surface area (Å²) in [4.78, 5) is 38.0. The maximum absolute atomic E-state index is 12.5. The van der Waals surface area contributed by atoms with Crippen molar-refractivity contribution in [3.8, 4) is 5.75 Å². The van der Waals surface area contributed by atoms with E-state index >= 15 is 0 Å². The molecule has 0 aliphatic carbocycles. The Balaban J connectivity index is 1.96. The fourth-order valence-electron chi connectivity index (χ4n) is 2.47. The molecule has 1 aromatic rings. The van der Waals surface area contributed by atoms with Crippen LogP contribution in [0.25, 0.3) is 0 Å². The molecule has 2 rings (SSSR count). The minimum absolute atomic E-state index is 0.159. The molecular weight excluding hydrogens is 324 g/mol. The lowest BCUT2D eigenvalue weighted by molar-refractivity contribution is -0.155. The van der Waals surface area contributed by atoms with E-state index in [2.05, 4.69) is 5.32 Å². The third kappa shape index (κ3) is 5.48. The number of para-hydroxylation sites is 1. The molecule has 1 fully saturated rings. The number of nitrogens with one attached hydrogen (secondary N) is 1. The first-order valence-electron chi connectivity index (χ1n) is 8.45. The van der Waals surface area contributed by atoms with Gasteiger partial charge in [0.2, 0.25) is 5.91 Å². The topological polar surface area (TPSA) is 84.9 Å². The van der Waals surface area contributed by atoms with Crippen molar-refractivity contribution in [2.45, 2.75) is 38.8 Å². The Bertz CT molecular complexity index is 605. The summed E-state index contributed by atoms with van der Waals surface area (Å²) in [5.41, 5.74) is 0. The molecule has 2 unspecified atom stereocenters. The standard InChI is InChI=1S/C18H24N2O5/c1-3-13(2)25-17(22)11-15-18(23)19-9-10-20(15)16(21)12-24-14-7-5-4-6-8-14/h4-8,13,15H,3,9-12H2,1-2H3,(H,19,23). The Labute approximate surface area is 147 Å². The Morgan fingerprint density at radius 2 is 2.04 bits per heavy atom.